The Kier molecular flexibility index (Phi) is 11.7. The molecule has 1 aromatic rings. The van der Waals surface area contributed by atoms with Crippen molar-refractivity contribution in [2.24, 2.45) is 12.0 Å². The lowest BCUT2D eigenvalue weighted by molar-refractivity contribution is -0.127. The Morgan fingerprint density at radius 3 is 2.63 bits per heavy atom. The van der Waals surface area contributed by atoms with Crippen molar-refractivity contribution in [2.45, 2.75) is 52.5 Å². The predicted octanol–water partition coefficient (Wildman–Crippen LogP) is 1.70. The van der Waals surface area contributed by atoms with E-state index in [2.05, 4.69) is 46.4 Å². The van der Waals surface area contributed by atoms with E-state index in [-0.39, 0.29) is 36.4 Å². The van der Waals surface area contributed by atoms with Gasteiger partial charge in [-0.15, -0.1) is 24.0 Å². The molecule has 2 heterocycles. The summed E-state index contributed by atoms with van der Waals surface area (Å²) in [6.45, 7) is 10.5. The molecule has 172 valence electrons. The number of carbonyl (C=O) groups excluding carboxylic acids is 1. The molecular formula is C21H40IN7O. The molecule has 0 radical (unpaired) electrons. The van der Waals surface area contributed by atoms with Crippen LogP contribution < -0.4 is 10.6 Å². The lowest BCUT2D eigenvalue weighted by atomic mass is 10.1. The SMILES string of the molecule is CCN1CCCC1CNC(=NCC(=O)N(C)C)NCCCc1c(C)nn(C)c1C.I. The molecule has 0 saturated carbocycles. The number of nitrogens with zero attached hydrogens (tertiary/aromatic N) is 5. The highest BCUT2D eigenvalue weighted by Gasteiger charge is 2.22. The number of rotatable bonds is 9. The van der Waals surface area contributed by atoms with Gasteiger partial charge < -0.3 is 15.5 Å². The van der Waals surface area contributed by atoms with Crippen LogP contribution >= 0.6 is 24.0 Å². The number of aromatic nitrogens is 2. The molecule has 2 rings (SSSR count). The molecule has 1 unspecified atom stereocenters. The van der Waals surface area contributed by atoms with Crippen LogP contribution in [0.3, 0.4) is 0 Å². The topological polar surface area (TPSA) is 77.8 Å². The number of guanidine groups is 1. The standard InChI is InChI=1S/C21H39N7O.HI/c1-7-28-13-9-10-18(28)14-23-21(24-15-20(29)26(4)5)22-12-8-11-19-16(2)25-27(6)17(19)3;/h18H,7-15H2,1-6H3,(H2,22,23,24);1H. The zero-order valence-corrected chi connectivity index (χ0v) is 21.8. The summed E-state index contributed by atoms with van der Waals surface area (Å²) in [5.74, 6) is 0.728. The number of halogens is 1. The summed E-state index contributed by atoms with van der Waals surface area (Å²) in [5.41, 5.74) is 3.66. The lowest BCUT2D eigenvalue weighted by Crippen LogP contribution is -2.45. The van der Waals surface area contributed by atoms with Crippen LogP contribution in [-0.2, 0) is 18.3 Å². The van der Waals surface area contributed by atoms with Crippen molar-refractivity contribution in [3.8, 4) is 0 Å². The molecule has 0 bridgehead atoms. The van der Waals surface area contributed by atoms with Crippen molar-refractivity contribution in [3.63, 3.8) is 0 Å². The van der Waals surface area contributed by atoms with Gasteiger partial charge in [-0.3, -0.25) is 14.4 Å². The molecule has 1 aliphatic rings. The van der Waals surface area contributed by atoms with Gasteiger partial charge in [0.2, 0.25) is 5.91 Å². The predicted molar refractivity (Wildman–Crippen MR) is 134 cm³/mol. The van der Waals surface area contributed by atoms with Crippen LogP contribution in [0.4, 0.5) is 0 Å². The summed E-state index contributed by atoms with van der Waals surface area (Å²) >= 11 is 0. The zero-order valence-electron chi connectivity index (χ0n) is 19.5. The van der Waals surface area contributed by atoms with E-state index in [1.165, 1.54) is 30.6 Å². The van der Waals surface area contributed by atoms with Crippen LogP contribution in [0, 0.1) is 13.8 Å². The number of amides is 1. The normalized spacial score (nSPS) is 17.0. The second-order valence-electron chi connectivity index (χ2n) is 8.06. The van der Waals surface area contributed by atoms with Gasteiger partial charge in [0.05, 0.1) is 5.69 Å². The molecule has 0 aromatic carbocycles. The summed E-state index contributed by atoms with van der Waals surface area (Å²) in [6, 6.07) is 0.539. The van der Waals surface area contributed by atoms with E-state index in [0.29, 0.717) is 6.04 Å². The van der Waals surface area contributed by atoms with Gasteiger partial charge >= 0.3 is 0 Å². The van der Waals surface area contributed by atoms with E-state index in [0.717, 1.165) is 44.1 Å². The number of aryl methyl sites for hydroxylation is 2. The van der Waals surface area contributed by atoms with Gasteiger partial charge in [-0.2, -0.15) is 5.10 Å². The van der Waals surface area contributed by atoms with Gasteiger partial charge in [-0.25, -0.2) is 4.99 Å². The maximum atomic E-state index is 11.9. The second-order valence-corrected chi connectivity index (χ2v) is 8.06. The molecule has 0 spiro atoms. The number of hydrogen-bond donors (Lipinski definition) is 2. The van der Waals surface area contributed by atoms with Crippen molar-refractivity contribution >= 4 is 35.8 Å². The van der Waals surface area contributed by atoms with E-state index in [1.807, 2.05) is 11.7 Å². The minimum Gasteiger partial charge on any atom is -0.356 e. The molecule has 9 heteroatoms. The minimum atomic E-state index is 0. The van der Waals surface area contributed by atoms with Crippen molar-refractivity contribution in [1.29, 1.82) is 0 Å². The third-order valence-electron chi connectivity index (χ3n) is 5.84. The van der Waals surface area contributed by atoms with Crippen molar-refractivity contribution in [1.82, 2.24) is 30.2 Å². The maximum absolute atomic E-state index is 11.9. The number of likely N-dealkylation sites (tertiary alicyclic amines) is 1. The highest BCUT2D eigenvalue weighted by Crippen LogP contribution is 2.15. The molecular weight excluding hydrogens is 493 g/mol. The van der Waals surface area contributed by atoms with Gasteiger partial charge in [0, 0.05) is 46.0 Å². The molecule has 2 N–H and O–H groups in total. The first-order valence-corrected chi connectivity index (χ1v) is 10.8. The highest BCUT2D eigenvalue weighted by atomic mass is 127. The summed E-state index contributed by atoms with van der Waals surface area (Å²) in [7, 11) is 5.51. The molecule has 1 fully saturated rings. The van der Waals surface area contributed by atoms with Gasteiger partial charge in [-0.1, -0.05) is 6.92 Å². The zero-order chi connectivity index (χ0) is 21.4. The molecule has 1 saturated heterocycles. The lowest BCUT2D eigenvalue weighted by Gasteiger charge is -2.24. The summed E-state index contributed by atoms with van der Waals surface area (Å²) in [4.78, 5) is 20.5. The summed E-state index contributed by atoms with van der Waals surface area (Å²) in [6.07, 6.45) is 4.43. The summed E-state index contributed by atoms with van der Waals surface area (Å²) in [5, 5.41) is 11.4. The molecule has 0 aliphatic carbocycles. The van der Waals surface area contributed by atoms with Crippen LogP contribution in [0.25, 0.3) is 0 Å². The molecule has 30 heavy (non-hydrogen) atoms. The summed E-state index contributed by atoms with van der Waals surface area (Å²) < 4.78 is 1.94. The minimum absolute atomic E-state index is 0. The Morgan fingerprint density at radius 2 is 2.03 bits per heavy atom. The molecule has 1 atom stereocenters. The average molecular weight is 534 g/mol. The number of likely N-dealkylation sites (N-methyl/N-ethyl adjacent to an activating group) is 2. The Labute approximate surface area is 198 Å². The van der Waals surface area contributed by atoms with Gasteiger partial charge in [-0.05, 0) is 58.2 Å². The largest absolute Gasteiger partial charge is 0.356 e. The van der Waals surface area contributed by atoms with E-state index in [1.54, 1.807) is 19.0 Å². The van der Waals surface area contributed by atoms with Gasteiger partial charge in [0.25, 0.3) is 0 Å². The maximum Gasteiger partial charge on any atom is 0.243 e. The second kappa shape index (κ2) is 13.1. The van der Waals surface area contributed by atoms with E-state index < -0.39 is 0 Å². The highest BCUT2D eigenvalue weighted by molar-refractivity contribution is 14.0. The Bertz CT molecular complexity index is 702. The van der Waals surface area contributed by atoms with Gasteiger partial charge in [0.1, 0.15) is 6.54 Å². The number of carbonyl (C=O) groups is 1. The van der Waals surface area contributed by atoms with E-state index in [9.17, 15) is 4.79 Å². The molecule has 8 nitrogen and oxygen atoms in total. The van der Waals surface area contributed by atoms with Crippen LogP contribution in [0.2, 0.25) is 0 Å². The van der Waals surface area contributed by atoms with Crippen molar-refractivity contribution in [2.75, 3.05) is 46.8 Å². The molecule has 1 aromatic heterocycles. The Morgan fingerprint density at radius 1 is 1.30 bits per heavy atom. The monoisotopic (exact) mass is 533 g/mol. The fraction of sp³-hybridized carbons (Fsp3) is 0.762. The fourth-order valence-corrected chi connectivity index (χ4v) is 3.87. The number of aliphatic imine (C=N–C) groups is 1. The average Bonchev–Trinajstić information content (AvgIpc) is 3.24. The van der Waals surface area contributed by atoms with Crippen molar-refractivity contribution in [3.05, 3.63) is 17.0 Å². The fourth-order valence-electron chi connectivity index (χ4n) is 3.87. The quantitative estimate of drug-likeness (QED) is 0.219. The first-order chi connectivity index (χ1) is 13.8. The molecule has 1 aliphatic heterocycles. The first kappa shape index (κ1) is 26.7. The Hall–Kier alpha value is -1.36. The van der Waals surface area contributed by atoms with Crippen molar-refractivity contribution < 1.29 is 4.79 Å². The number of nitrogens with one attached hydrogen (secondary N) is 2. The van der Waals surface area contributed by atoms with E-state index in [4.69, 9.17) is 0 Å². The first-order valence-electron chi connectivity index (χ1n) is 10.8. The van der Waals surface area contributed by atoms with Crippen LogP contribution in [0.15, 0.2) is 4.99 Å². The third kappa shape index (κ3) is 7.72. The van der Waals surface area contributed by atoms with Gasteiger partial charge in [0.15, 0.2) is 5.96 Å². The Balaban J connectivity index is 0.00000450. The van der Waals surface area contributed by atoms with Crippen LogP contribution in [0.1, 0.15) is 43.1 Å². The molecule has 1 amide bonds. The van der Waals surface area contributed by atoms with Crippen LogP contribution in [-0.4, -0.2) is 84.3 Å². The third-order valence-corrected chi connectivity index (χ3v) is 5.84. The van der Waals surface area contributed by atoms with Crippen LogP contribution in [0.5, 0.6) is 0 Å². The van der Waals surface area contributed by atoms with E-state index >= 15 is 0 Å². The number of hydrogen-bond acceptors (Lipinski definition) is 4. The smallest absolute Gasteiger partial charge is 0.243 e.